The Labute approximate surface area is 269 Å². The summed E-state index contributed by atoms with van der Waals surface area (Å²) >= 11 is 0. The predicted octanol–water partition coefficient (Wildman–Crippen LogP) is 12.1. The van der Waals surface area contributed by atoms with E-state index in [-0.39, 0.29) is 17.4 Å². The normalized spacial score (nSPS) is 53.0. The van der Waals surface area contributed by atoms with Crippen molar-refractivity contribution in [1.29, 1.82) is 0 Å². The van der Waals surface area contributed by atoms with E-state index in [0.29, 0.717) is 21.7 Å². The van der Waals surface area contributed by atoms with E-state index in [1.807, 2.05) is 23.7 Å². The summed E-state index contributed by atoms with van der Waals surface area (Å²) in [5, 5.41) is 0. The maximum absolute atomic E-state index is 2.47. The smallest absolute Gasteiger partial charge is 0.310 e. The van der Waals surface area contributed by atoms with Gasteiger partial charge in [0.05, 0.1) is 0 Å². The van der Waals surface area contributed by atoms with Crippen LogP contribution in [0.3, 0.4) is 0 Å². The van der Waals surface area contributed by atoms with Crippen molar-refractivity contribution in [2.45, 2.75) is 160 Å². The van der Waals surface area contributed by atoms with Gasteiger partial charge in [0, 0.05) is 0 Å². The zero-order valence-electron chi connectivity index (χ0n) is 29.5. The molecule has 0 heterocycles. The minimum absolute atomic E-state index is 0. The van der Waals surface area contributed by atoms with Crippen LogP contribution in [-0.4, -0.2) is 0 Å². The Morgan fingerprint density at radius 3 is 0.610 bits per heavy atom. The Kier molecular flexibility index (Phi) is 10.1. The second kappa shape index (κ2) is 12.0. The minimum atomic E-state index is 0. The third-order valence-corrected chi connectivity index (χ3v) is 15.4. The van der Waals surface area contributed by atoms with E-state index in [1.165, 1.54) is 77.0 Å². The molecule has 0 saturated heterocycles. The average Bonchev–Trinajstić information content (AvgIpc) is 3.68. The Morgan fingerprint density at radius 1 is 0.366 bits per heavy atom. The van der Waals surface area contributed by atoms with Crippen molar-refractivity contribution in [3.63, 3.8) is 0 Å². The molecule has 8 aliphatic rings. The second-order valence-electron chi connectivity index (χ2n) is 18.8. The van der Waals surface area contributed by atoms with Gasteiger partial charge in [0.2, 0.25) is 0 Å². The van der Waals surface area contributed by atoms with Crippen molar-refractivity contribution in [3.05, 3.63) is 23.7 Å². The summed E-state index contributed by atoms with van der Waals surface area (Å²) in [4.78, 5) is 0. The van der Waals surface area contributed by atoms with Crippen molar-refractivity contribution in [2.75, 3.05) is 0 Å². The molecule has 0 amide bonds. The Balaban J connectivity index is 0.000000125. The Morgan fingerprint density at radius 2 is 0.537 bits per heavy atom. The van der Waals surface area contributed by atoms with Gasteiger partial charge in [-0.2, -0.15) is 75.0 Å². The van der Waals surface area contributed by atoms with E-state index in [9.17, 15) is 0 Å². The SMILES string of the molecule is CC1CC2(C)C[C-]1CC2C.CC1CC2(C)C[C-]1CC2C.CC1CC2(C)C[C-]1CC2C.CC1CC2(C)C[C-]1CC2C.[Cr+4]. The summed E-state index contributed by atoms with van der Waals surface area (Å²) in [5.74, 6) is 15.1. The van der Waals surface area contributed by atoms with Crippen LogP contribution in [0.5, 0.6) is 0 Å². The molecule has 0 N–H and O–H groups in total. The van der Waals surface area contributed by atoms with E-state index >= 15 is 0 Å². The standard InChI is InChI=1S/4C10H17.Cr/c4*1-7-5-10(3)6-9(7)4-8(10)2;/h4*7-8H,4-6H2,1-3H3;/q4*-1;+4. The second-order valence-corrected chi connectivity index (χ2v) is 18.8. The number of hydrogen-bond donors (Lipinski definition) is 0. The van der Waals surface area contributed by atoms with Crippen molar-refractivity contribution in [2.24, 2.45) is 69.0 Å². The molecule has 8 bridgehead atoms. The third kappa shape index (κ3) is 6.46. The quantitative estimate of drug-likeness (QED) is 0.243. The van der Waals surface area contributed by atoms with Gasteiger partial charge in [-0.25, -0.2) is 0 Å². The van der Waals surface area contributed by atoms with Crippen LogP contribution in [0.4, 0.5) is 0 Å². The molecule has 0 aliphatic heterocycles. The van der Waals surface area contributed by atoms with Gasteiger partial charge in [0.25, 0.3) is 0 Å². The molecule has 8 aliphatic carbocycles. The van der Waals surface area contributed by atoms with Gasteiger partial charge >= 0.3 is 17.4 Å². The summed E-state index contributed by atoms with van der Waals surface area (Å²) in [5.41, 5.74) is 2.81. The molecule has 8 rings (SSSR count). The minimum Gasteiger partial charge on any atom is -0.310 e. The van der Waals surface area contributed by atoms with Crippen LogP contribution in [0.1, 0.15) is 160 Å². The largest absolute Gasteiger partial charge is 4.00 e. The van der Waals surface area contributed by atoms with Crippen LogP contribution in [0.15, 0.2) is 0 Å². The van der Waals surface area contributed by atoms with Gasteiger partial charge in [-0.05, 0) is 0 Å². The molecule has 0 aromatic rings. The van der Waals surface area contributed by atoms with Crippen LogP contribution in [0.2, 0.25) is 0 Å². The topological polar surface area (TPSA) is 0 Å². The fraction of sp³-hybridized carbons (Fsp3) is 0.900. The first-order chi connectivity index (χ1) is 18.5. The van der Waals surface area contributed by atoms with E-state index in [2.05, 4.69) is 83.1 Å². The maximum atomic E-state index is 2.47. The van der Waals surface area contributed by atoms with Crippen molar-refractivity contribution in [3.8, 4) is 0 Å². The molecule has 41 heavy (non-hydrogen) atoms. The first-order valence-corrected chi connectivity index (χ1v) is 17.9. The van der Waals surface area contributed by atoms with Gasteiger partial charge < -0.3 is 23.7 Å². The zero-order valence-corrected chi connectivity index (χ0v) is 30.8. The average molecular weight is 601 g/mol. The number of rotatable bonds is 0. The zero-order chi connectivity index (χ0) is 29.4. The van der Waals surface area contributed by atoms with Crippen molar-refractivity contribution >= 4 is 0 Å². The molecule has 234 valence electrons. The molecule has 12 atom stereocenters. The van der Waals surface area contributed by atoms with Crippen LogP contribution in [0, 0.1) is 92.7 Å². The molecule has 0 radical (unpaired) electrons. The fourth-order valence-electron chi connectivity index (χ4n) is 11.6. The van der Waals surface area contributed by atoms with Gasteiger partial charge in [0.1, 0.15) is 0 Å². The van der Waals surface area contributed by atoms with Crippen LogP contribution in [0.25, 0.3) is 0 Å². The maximum Gasteiger partial charge on any atom is 4.00 e. The monoisotopic (exact) mass is 600 g/mol. The summed E-state index contributed by atoms with van der Waals surface area (Å²) in [7, 11) is 0. The van der Waals surface area contributed by atoms with E-state index in [0.717, 1.165) is 47.3 Å². The summed E-state index contributed by atoms with van der Waals surface area (Å²) in [6.45, 7) is 29.1. The number of fused-ring (bicyclic) bond motifs is 8. The fourth-order valence-corrected chi connectivity index (χ4v) is 11.6. The Bertz CT molecular complexity index is 735. The van der Waals surface area contributed by atoms with E-state index in [1.54, 1.807) is 0 Å². The summed E-state index contributed by atoms with van der Waals surface area (Å²) in [6, 6.07) is 0. The van der Waals surface area contributed by atoms with Gasteiger partial charge in [-0.3, -0.25) is 0 Å². The van der Waals surface area contributed by atoms with Gasteiger partial charge in [-0.15, -0.1) is 0 Å². The predicted molar refractivity (Wildman–Crippen MR) is 174 cm³/mol. The third-order valence-electron chi connectivity index (χ3n) is 15.4. The van der Waals surface area contributed by atoms with Crippen LogP contribution >= 0.6 is 0 Å². The molecule has 0 aromatic heterocycles. The van der Waals surface area contributed by atoms with E-state index in [4.69, 9.17) is 0 Å². The molecule has 8 fully saturated rings. The van der Waals surface area contributed by atoms with Crippen molar-refractivity contribution in [1.82, 2.24) is 0 Å². The molecule has 0 aromatic carbocycles. The number of hydrogen-bond acceptors (Lipinski definition) is 0. The molecule has 0 nitrogen and oxygen atoms in total. The molecule has 1 heteroatoms. The summed E-state index contributed by atoms with van der Waals surface area (Å²) < 4.78 is 0. The summed E-state index contributed by atoms with van der Waals surface area (Å²) in [6.07, 6.45) is 17.3. The van der Waals surface area contributed by atoms with Gasteiger partial charge in [0.15, 0.2) is 0 Å². The first-order valence-electron chi connectivity index (χ1n) is 17.9. The molecular formula is C40H68Cr. The molecule has 12 unspecified atom stereocenters. The van der Waals surface area contributed by atoms with Gasteiger partial charge in [-0.1, -0.05) is 154 Å². The molecular weight excluding hydrogens is 532 g/mol. The van der Waals surface area contributed by atoms with Crippen LogP contribution in [-0.2, 0) is 17.4 Å². The van der Waals surface area contributed by atoms with Crippen molar-refractivity contribution < 1.29 is 17.4 Å². The van der Waals surface area contributed by atoms with Crippen LogP contribution < -0.4 is 0 Å². The van der Waals surface area contributed by atoms with E-state index < -0.39 is 0 Å². The first kappa shape index (κ1) is 34.4. The Hall–Kier alpha value is 0.532. The molecule has 0 spiro atoms. The molecule has 8 saturated carbocycles.